The number of halogens is 2. The largest absolute Gasteiger partial charge is 0.351 e. The molecule has 21 heavy (non-hydrogen) atoms. The number of sulfonamides is 1. The average Bonchev–Trinajstić information content (AvgIpc) is 2.71. The smallest absolute Gasteiger partial charge is 0.316 e. The number of amides is 2. The third-order valence-electron chi connectivity index (χ3n) is 2.32. The molecule has 1 heterocycles. The van der Waals surface area contributed by atoms with Crippen LogP contribution in [0.3, 0.4) is 0 Å². The van der Waals surface area contributed by atoms with Crippen LogP contribution < -0.4 is 15.8 Å². The maximum absolute atomic E-state index is 12.2. The first-order valence-corrected chi connectivity index (χ1v) is 8.47. The second-order valence-corrected chi connectivity index (χ2v) is 7.80. The Labute approximate surface area is 134 Å². The van der Waals surface area contributed by atoms with E-state index in [1.54, 1.807) is 0 Å². The van der Waals surface area contributed by atoms with Gasteiger partial charge in [0.25, 0.3) is 10.0 Å². The Kier molecular flexibility index (Phi) is 4.62. The third kappa shape index (κ3) is 4.01. The number of hydrogen-bond donors (Lipinski definition) is 3. The summed E-state index contributed by atoms with van der Waals surface area (Å²) in [7, 11) is -3.83. The Hall–Kier alpha value is -1.48. The van der Waals surface area contributed by atoms with Gasteiger partial charge in [-0.05, 0) is 30.3 Å². The second-order valence-electron chi connectivity index (χ2n) is 3.86. The molecule has 0 aliphatic heterocycles. The van der Waals surface area contributed by atoms with Gasteiger partial charge in [-0.25, -0.2) is 13.2 Å². The molecule has 0 atom stereocenters. The summed E-state index contributed by atoms with van der Waals surface area (Å²) in [6, 6.07) is 6.54. The zero-order valence-electron chi connectivity index (χ0n) is 10.3. The Morgan fingerprint density at radius 1 is 1.14 bits per heavy atom. The lowest BCUT2D eigenvalue weighted by molar-refractivity contribution is 0.259. The number of rotatable bonds is 4. The molecule has 0 aliphatic carbocycles. The first kappa shape index (κ1) is 15.9. The van der Waals surface area contributed by atoms with E-state index < -0.39 is 16.1 Å². The molecule has 2 aromatic rings. The van der Waals surface area contributed by atoms with E-state index in [4.69, 9.17) is 28.9 Å². The highest BCUT2D eigenvalue weighted by Crippen LogP contribution is 2.35. The Bertz CT molecular complexity index is 773. The van der Waals surface area contributed by atoms with Crippen molar-refractivity contribution in [2.75, 3.05) is 10.0 Å². The van der Waals surface area contributed by atoms with Crippen LogP contribution >= 0.6 is 34.5 Å². The summed E-state index contributed by atoms with van der Waals surface area (Å²) >= 11 is 12.5. The molecule has 0 saturated carbocycles. The number of carbonyl (C=O) groups excluding carboxylic acids is 1. The molecule has 0 saturated heterocycles. The molecule has 1 aromatic carbocycles. The quantitative estimate of drug-likeness (QED) is 0.773. The lowest BCUT2D eigenvalue weighted by Crippen LogP contribution is -2.19. The predicted octanol–water partition coefficient (Wildman–Crippen LogP) is 3.35. The van der Waals surface area contributed by atoms with Crippen molar-refractivity contribution in [2.24, 2.45) is 5.73 Å². The van der Waals surface area contributed by atoms with E-state index in [1.807, 2.05) is 0 Å². The van der Waals surface area contributed by atoms with E-state index in [0.717, 1.165) is 11.3 Å². The van der Waals surface area contributed by atoms with E-state index in [0.29, 0.717) is 11.4 Å². The van der Waals surface area contributed by atoms with Crippen molar-refractivity contribution >= 4 is 62.0 Å². The maximum Gasteiger partial charge on any atom is 0.316 e. The maximum atomic E-state index is 12.2. The fourth-order valence-electron chi connectivity index (χ4n) is 1.48. The third-order valence-corrected chi connectivity index (χ3v) is 5.45. The number of nitrogens with one attached hydrogen (secondary N) is 2. The molecule has 0 aliphatic rings. The monoisotopic (exact) mass is 365 g/mol. The van der Waals surface area contributed by atoms with Crippen LogP contribution in [-0.2, 0) is 10.0 Å². The molecule has 0 radical (unpaired) electrons. The van der Waals surface area contributed by atoms with E-state index in [-0.39, 0.29) is 13.6 Å². The standard InChI is InChI=1S/C11H9Cl2N3O3S2/c12-9-5-8(10(13)20-9)21(18,19)16-7-3-1-6(2-4-7)15-11(14)17/h1-5,16H,(H3,14,15,17). The number of thiophene rings is 1. The molecule has 1 aromatic heterocycles. The number of carbonyl (C=O) groups is 1. The Morgan fingerprint density at radius 3 is 2.19 bits per heavy atom. The minimum absolute atomic E-state index is 0.0829. The normalized spacial score (nSPS) is 11.1. The highest BCUT2D eigenvalue weighted by Gasteiger charge is 2.21. The molecule has 6 nitrogen and oxygen atoms in total. The highest BCUT2D eigenvalue weighted by molar-refractivity contribution is 7.93. The van der Waals surface area contributed by atoms with Crippen molar-refractivity contribution in [3.8, 4) is 0 Å². The van der Waals surface area contributed by atoms with Gasteiger partial charge < -0.3 is 11.1 Å². The topological polar surface area (TPSA) is 101 Å². The molecule has 2 rings (SSSR count). The van der Waals surface area contributed by atoms with Crippen LogP contribution in [0.2, 0.25) is 8.67 Å². The molecule has 0 fully saturated rings. The number of nitrogens with two attached hydrogens (primary N) is 1. The first-order valence-electron chi connectivity index (χ1n) is 5.42. The van der Waals surface area contributed by atoms with Gasteiger partial charge in [-0.15, -0.1) is 11.3 Å². The van der Waals surface area contributed by atoms with Gasteiger partial charge >= 0.3 is 6.03 Å². The lowest BCUT2D eigenvalue weighted by atomic mass is 10.3. The molecular formula is C11H9Cl2N3O3S2. The van der Waals surface area contributed by atoms with E-state index in [2.05, 4.69) is 10.0 Å². The first-order chi connectivity index (χ1) is 9.78. The summed E-state index contributed by atoms with van der Waals surface area (Å²) in [4.78, 5) is 10.6. The number of hydrogen-bond acceptors (Lipinski definition) is 4. The van der Waals surface area contributed by atoms with Gasteiger partial charge in [0, 0.05) is 11.4 Å². The van der Waals surface area contributed by atoms with Crippen LogP contribution in [0.25, 0.3) is 0 Å². The molecule has 10 heteroatoms. The van der Waals surface area contributed by atoms with Crippen LogP contribution in [0.5, 0.6) is 0 Å². The average molecular weight is 366 g/mol. The van der Waals surface area contributed by atoms with Crippen LogP contribution in [0.4, 0.5) is 16.2 Å². The summed E-state index contributed by atoms with van der Waals surface area (Å²) in [6.07, 6.45) is 0. The molecule has 0 spiro atoms. The molecule has 4 N–H and O–H groups in total. The molecular weight excluding hydrogens is 357 g/mol. The Balaban J connectivity index is 2.21. The lowest BCUT2D eigenvalue weighted by Gasteiger charge is -2.08. The number of primary amides is 1. The van der Waals surface area contributed by atoms with E-state index >= 15 is 0 Å². The van der Waals surface area contributed by atoms with Crippen molar-refractivity contribution in [1.82, 2.24) is 0 Å². The fourth-order valence-corrected chi connectivity index (χ4v) is 4.69. The summed E-state index contributed by atoms with van der Waals surface area (Å²) in [5, 5.41) is 2.36. The second kappa shape index (κ2) is 6.10. The van der Waals surface area contributed by atoms with Crippen molar-refractivity contribution in [2.45, 2.75) is 4.90 Å². The summed E-state index contributed by atoms with van der Waals surface area (Å²) in [5.41, 5.74) is 5.73. The van der Waals surface area contributed by atoms with Gasteiger partial charge in [0.15, 0.2) is 0 Å². The van der Waals surface area contributed by atoms with E-state index in [1.165, 1.54) is 30.3 Å². The molecule has 112 valence electrons. The summed E-state index contributed by atoms with van der Waals surface area (Å²) in [6.45, 7) is 0. The SMILES string of the molecule is NC(=O)Nc1ccc(NS(=O)(=O)c2cc(Cl)sc2Cl)cc1. The highest BCUT2D eigenvalue weighted by atomic mass is 35.5. The molecule has 0 bridgehead atoms. The van der Waals surface area contributed by atoms with Gasteiger partial charge in [-0.3, -0.25) is 4.72 Å². The van der Waals surface area contributed by atoms with Gasteiger partial charge in [0.1, 0.15) is 9.23 Å². The molecule has 2 amide bonds. The molecule has 0 unspecified atom stereocenters. The van der Waals surface area contributed by atoms with Gasteiger partial charge in [-0.1, -0.05) is 23.2 Å². The number of anilines is 2. The Morgan fingerprint density at radius 2 is 1.71 bits per heavy atom. The van der Waals surface area contributed by atoms with Crippen molar-refractivity contribution in [3.05, 3.63) is 39.0 Å². The number of benzene rings is 1. The van der Waals surface area contributed by atoms with Crippen LogP contribution in [0.15, 0.2) is 35.2 Å². The van der Waals surface area contributed by atoms with E-state index in [9.17, 15) is 13.2 Å². The summed E-state index contributed by atoms with van der Waals surface area (Å²) < 4.78 is 27.0. The number of urea groups is 1. The zero-order chi connectivity index (χ0) is 15.6. The fraction of sp³-hybridized carbons (Fsp3) is 0. The minimum atomic E-state index is -3.83. The van der Waals surface area contributed by atoms with Crippen molar-refractivity contribution in [3.63, 3.8) is 0 Å². The van der Waals surface area contributed by atoms with Crippen LogP contribution in [0.1, 0.15) is 0 Å². The van der Waals surface area contributed by atoms with Gasteiger partial charge in [0.2, 0.25) is 0 Å². The minimum Gasteiger partial charge on any atom is -0.351 e. The van der Waals surface area contributed by atoms with Gasteiger partial charge in [0.05, 0.1) is 4.34 Å². The van der Waals surface area contributed by atoms with Crippen molar-refractivity contribution < 1.29 is 13.2 Å². The van der Waals surface area contributed by atoms with Crippen molar-refractivity contribution in [1.29, 1.82) is 0 Å². The summed E-state index contributed by atoms with van der Waals surface area (Å²) in [5.74, 6) is 0. The van der Waals surface area contributed by atoms with Crippen LogP contribution in [-0.4, -0.2) is 14.4 Å². The van der Waals surface area contributed by atoms with Crippen LogP contribution in [0, 0.1) is 0 Å². The zero-order valence-corrected chi connectivity index (χ0v) is 13.4. The van der Waals surface area contributed by atoms with Gasteiger partial charge in [-0.2, -0.15) is 0 Å². The predicted molar refractivity (Wildman–Crippen MR) is 84.8 cm³/mol.